The van der Waals surface area contributed by atoms with Crippen molar-refractivity contribution in [1.29, 1.82) is 0 Å². The Bertz CT molecular complexity index is 925. The largest absolute Gasteiger partial charge is 0.494 e. The van der Waals surface area contributed by atoms with Crippen LogP contribution in [-0.2, 0) is 16.0 Å². The van der Waals surface area contributed by atoms with E-state index >= 15 is 0 Å². The van der Waals surface area contributed by atoms with Crippen molar-refractivity contribution in [3.05, 3.63) is 35.3 Å². The van der Waals surface area contributed by atoms with Crippen molar-refractivity contribution in [3.63, 3.8) is 0 Å². The number of thiazole rings is 1. The fraction of sp³-hybridized carbons (Fsp3) is 0.429. The molecule has 32 heavy (non-hydrogen) atoms. The van der Waals surface area contributed by atoms with Crippen molar-refractivity contribution in [2.45, 2.75) is 20.3 Å². The molecule has 11 heteroatoms. The van der Waals surface area contributed by atoms with Crippen LogP contribution in [0, 0.1) is 0 Å². The summed E-state index contributed by atoms with van der Waals surface area (Å²) in [5, 5.41) is 7.74. The molecule has 1 saturated heterocycles. The molecule has 0 bridgehead atoms. The van der Waals surface area contributed by atoms with Gasteiger partial charge in [0, 0.05) is 37.2 Å². The summed E-state index contributed by atoms with van der Waals surface area (Å²) >= 11 is 1.26. The van der Waals surface area contributed by atoms with E-state index in [-0.39, 0.29) is 24.5 Å². The number of hydrogen-bond acceptors (Lipinski definition) is 7. The highest BCUT2D eigenvalue weighted by molar-refractivity contribution is 7.13. The summed E-state index contributed by atoms with van der Waals surface area (Å²) in [7, 11) is 0. The molecule has 1 aromatic carbocycles. The molecule has 0 aliphatic carbocycles. The van der Waals surface area contributed by atoms with Crippen LogP contribution in [0.25, 0.3) is 0 Å². The van der Waals surface area contributed by atoms with Crippen LogP contribution >= 0.6 is 11.3 Å². The lowest BCUT2D eigenvalue weighted by atomic mass is 10.2. The van der Waals surface area contributed by atoms with Gasteiger partial charge in [-0.2, -0.15) is 0 Å². The van der Waals surface area contributed by atoms with Crippen molar-refractivity contribution >= 4 is 40.2 Å². The molecule has 0 atom stereocenters. The third-order valence-corrected chi connectivity index (χ3v) is 5.46. The molecular weight excluding hydrogens is 434 g/mol. The molecule has 1 aliphatic heterocycles. The van der Waals surface area contributed by atoms with Crippen LogP contribution in [0.4, 0.5) is 20.4 Å². The number of rotatable bonds is 7. The van der Waals surface area contributed by atoms with Crippen LogP contribution in [-0.4, -0.2) is 72.2 Å². The Hall–Kier alpha value is -3.34. The number of piperazine rings is 1. The monoisotopic (exact) mass is 461 g/mol. The third kappa shape index (κ3) is 6.58. The van der Waals surface area contributed by atoms with Gasteiger partial charge in [-0.05, 0) is 38.1 Å². The van der Waals surface area contributed by atoms with E-state index in [4.69, 9.17) is 9.47 Å². The molecule has 3 rings (SSSR count). The van der Waals surface area contributed by atoms with E-state index in [2.05, 4.69) is 15.6 Å². The van der Waals surface area contributed by atoms with E-state index in [1.54, 1.807) is 46.4 Å². The second-order valence-corrected chi connectivity index (χ2v) is 7.79. The zero-order valence-corrected chi connectivity index (χ0v) is 18.9. The van der Waals surface area contributed by atoms with Crippen molar-refractivity contribution in [3.8, 4) is 5.75 Å². The molecule has 2 N–H and O–H groups in total. The van der Waals surface area contributed by atoms with Crippen molar-refractivity contribution in [2.75, 3.05) is 50.0 Å². The highest BCUT2D eigenvalue weighted by atomic mass is 32.1. The lowest BCUT2D eigenvalue weighted by molar-refractivity contribution is -0.115. The quantitative estimate of drug-likeness (QED) is 0.655. The standard InChI is InChI=1S/C21H27N5O5S/c1-3-30-17-7-5-15(6-8-17)22-18(27)13-16-14-32-19(23-16)24-20(28)25-9-11-26(12-10-25)21(29)31-4-2/h5-8,14H,3-4,9-13H2,1-2H3,(H,22,27)(H,23,24,28). The molecule has 0 unspecified atom stereocenters. The molecule has 0 saturated carbocycles. The minimum Gasteiger partial charge on any atom is -0.494 e. The van der Waals surface area contributed by atoms with Crippen LogP contribution in [0.5, 0.6) is 5.75 Å². The lowest BCUT2D eigenvalue weighted by Crippen LogP contribution is -2.51. The molecule has 1 aliphatic rings. The van der Waals surface area contributed by atoms with Gasteiger partial charge in [0.15, 0.2) is 5.13 Å². The van der Waals surface area contributed by atoms with E-state index in [0.29, 0.717) is 55.9 Å². The molecule has 0 radical (unpaired) electrons. The van der Waals surface area contributed by atoms with Crippen molar-refractivity contribution < 1.29 is 23.9 Å². The van der Waals surface area contributed by atoms with Crippen LogP contribution in [0.3, 0.4) is 0 Å². The predicted octanol–water partition coefficient (Wildman–Crippen LogP) is 3.03. The van der Waals surface area contributed by atoms with Crippen LogP contribution < -0.4 is 15.4 Å². The fourth-order valence-electron chi connectivity index (χ4n) is 3.09. The predicted molar refractivity (Wildman–Crippen MR) is 121 cm³/mol. The number of anilines is 2. The summed E-state index contributed by atoms with van der Waals surface area (Å²) in [6.07, 6.45) is -0.265. The Morgan fingerprint density at radius 1 is 1.00 bits per heavy atom. The normalized spacial score (nSPS) is 13.4. The molecule has 172 valence electrons. The number of ether oxygens (including phenoxy) is 2. The Morgan fingerprint density at radius 2 is 1.69 bits per heavy atom. The van der Waals surface area contributed by atoms with E-state index in [0.717, 1.165) is 5.75 Å². The smallest absolute Gasteiger partial charge is 0.409 e. The van der Waals surface area contributed by atoms with Gasteiger partial charge in [-0.25, -0.2) is 14.6 Å². The number of benzene rings is 1. The molecular formula is C21H27N5O5S. The van der Waals surface area contributed by atoms with E-state index < -0.39 is 0 Å². The minimum atomic E-state index is -0.361. The Balaban J connectivity index is 1.44. The van der Waals surface area contributed by atoms with Gasteiger partial charge < -0.3 is 24.6 Å². The Labute approximate surface area is 190 Å². The lowest BCUT2D eigenvalue weighted by Gasteiger charge is -2.33. The number of amides is 4. The van der Waals surface area contributed by atoms with Gasteiger partial charge in [0.2, 0.25) is 5.91 Å². The van der Waals surface area contributed by atoms with Gasteiger partial charge in [0.05, 0.1) is 25.3 Å². The molecule has 4 amide bonds. The summed E-state index contributed by atoms with van der Waals surface area (Å²) in [5.41, 5.74) is 1.24. The first-order valence-electron chi connectivity index (χ1n) is 10.4. The number of nitrogens with zero attached hydrogens (tertiary/aromatic N) is 3. The number of aromatic nitrogens is 1. The first-order chi connectivity index (χ1) is 15.5. The van der Waals surface area contributed by atoms with Gasteiger partial charge in [-0.15, -0.1) is 11.3 Å². The topological polar surface area (TPSA) is 113 Å². The second-order valence-electron chi connectivity index (χ2n) is 6.93. The number of nitrogens with one attached hydrogen (secondary N) is 2. The molecule has 2 aromatic rings. The zero-order chi connectivity index (χ0) is 22.9. The van der Waals surface area contributed by atoms with Crippen LogP contribution in [0.2, 0.25) is 0 Å². The van der Waals surface area contributed by atoms with Gasteiger partial charge in [-0.3, -0.25) is 10.1 Å². The van der Waals surface area contributed by atoms with E-state index in [1.165, 1.54) is 11.3 Å². The Kier molecular flexibility index (Phi) is 8.26. The number of carbonyl (C=O) groups is 3. The number of urea groups is 1. The highest BCUT2D eigenvalue weighted by Crippen LogP contribution is 2.19. The molecule has 1 fully saturated rings. The maximum Gasteiger partial charge on any atom is 0.409 e. The van der Waals surface area contributed by atoms with E-state index in [9.17, 15) is 14.4 Å². The summed E-state index contributed by atoms with van der Waals surface area (Å²) in [4.78, 5) is 44.0. The molecule has 1 aromatic heterocycles. The maximum atomic E-state index is 12.5. The van der Waals surface area contributed by atoms with Gasteiger partial charge in [0.1, 0.15) is 5.75 Å². The van der Waals surface area contributed by atoms with Gasteiger partial charge in [0.25, 0.3) is 0 Å². The minimum absolute atomic E-state index is 0.0950. The summed E-state index contributed by atoms with van der Waals surface area (Å²) in [6, 6.07) is 6.85. The van der Waals surface area contributed by atoms with Gasteiger partial charge >= 0.3 is 12.1 Å². The average molecular weight is 462 g/mol. The SMILES string of the molecule is CCOC(=O)N1CCN(C(=O)Nc2nc(CC(=O)Nc3ccc(OCC)cc3)cs2)CC1. The fourth-order valence-corrected chi connectivity index (χ4v) is 3.79. The van der Waals surface area contributed by atoms with Crippen molar-refractivity contribution in [2.24, 2.45) is 0 Å². The molecule has 10 nitrogen and oxygen atoms in total. The Morgan fingerprint density at radius 3 is 2.34 bits per heavy atom. The maximum absolute atomic E-state index is 12.5. The number of hydrogen-bond donors (Lipinski definition) is 2. The van der Waals surface area contributed by atoms with Crippen molar-refractivity contribution in [1.82, 2.24) is 14.8 Å². The summed E-state index contributed by atoms with van der Waals surface area (Å²) in [6.45, 7) is 6.23. The second kappa shape index (κ2) is 11.3. The highest BCUT2D eigenvalue weighted by Gasteiger charge is 2.25. The summed E-state index contributed by atoms with van der Waals surface area (Å²) in [5.74, 6) is 0.542. The van der Waals surface area contributed by atoms with Gasteiger partial charge in [-0.1, -0.05) is 0 Å². The first kappa shape index (κ1) is 23.3. The van der Waals surface area contributed by atoms with E-state index in [1.807, 2.05) is 6.92 Å². The molecule has 0 spiro atoms. The van der Waals surface area contributed by atoms with Crippen LogP contribution in [0.15, 0.2) is 29.6 Å². The summed E-state index contributed by atoms with van der Waals surface area (Å²) < 4.78 is 10.4. The molecule has 2 heterocycles. The first-order valence-corrected chi connectivity index (χ1v) is 11.3. The third-order valence-electron chi connectivity index (χ3n) is 4.65. The average Bonchev–Trinajstić information content (AvgIpc) is 3.22. The number of carbonyl (C=O) groups excluding carboxylic acids is 3. The van der Waals surface area contributed by atoms with Crippen LogP contribution in [0.1, 0.15) is 19.5 Å². The zero-order valence-electron chi connectivity index (χ0n) is 18.1.